The van der Waals surface area contributed by atoms with Crippen LogP contribution >= 0.6 is 0 Å². The average molecular weight is 172 g/mol. The molecule has 1 amide bonds. The van der Waals surface area contributed by atoms with Gasteiger partial charge in [0.25, 0.3) is 0 Å². The molecule has 12 heavy (non-hydrogen) atoms. The van der Waals surface area contributed by atoms with Gasteiger partial charge in [-0.05, 0) is 25.8 Å². The molecule has 0 bridgehead atoms. The van der Waals surface area contributed by atoms with Crippen molar-refractivity contribution >= 4 is 5.91 Å². The first-order chi connectivity index (χ1) is 5.84. The van der Waals surface area contributed by atoms with Crippen molar-refractivity contribution in [1.82, 2.24) is 5.32 Å². The van der Waals surface area contributed by atoms with Gasteiger partial charge in [-0.25, -0.2) is 0 Å². The number of nitrogens with one attached hydrogen (secondary N) is 1. The van der Waals surface area contributed by atoms with E-state index in [9.17, 15) is 4.79 Å². The van der Waals surface area contributed by atoms with Crippen molar-refractivity contribution in [1.29, 1.82) is 0 Å². The maximum Gasteiger partial charge on any atom is 0.249 e. The Bertz CT molecular complexity index is 144. The van der Waals surface area contributed by atoms with Crippen LogP contribution in [0.4, 0.5) is 0 Å². The highest BCUT2D eigenvalue weighted by Gasteiger charge is 2.22. The first kappa shape index (κ1) is 9.48. The standard InChI is InChI=1S/C8H16N2O2/c9-4-2-5-10-8(11)7-3-1-6-12-7/h7H,1-6,9H2,(H,10,11)/t7-/m1/s1. The highest BCUT2D eigenvalue weighted by Crippen LogP contribution is 2.11. The van der Waals surface area contributed by atoms with Gasteiger partial charge in [0, 0.05) is 13.2 Å². The predicted molar refractivity (Wildman–Crippen MR) is 45.7 cm³/mol. The summed E-state index contributed by atoms with van der Waals surface area (Å²) in [6.07, 6.45) is 2.48. The number of carbonyl (C=O) groups excluding carboxylic acids is 1. The molecule has 0 aromatic rings. The Kier molecular flexibility index (Phi) is 4.04. The molecule has 1 atom stereocenters. The predicted octanol–water partition coefficient (Wildman–Crippen LogP) is -0.370. The Morgan fingerprint density at radius 2 is 2.50 bits per heavy atom. The monoisotopic (exact) mass is 172 g/mol. The van der Waals surface area contributed by atoms with Crippen LogP contribution in [0.25, 0.3) is 0 Å². The van der Waals surface area contributed by atoms with Gasteiger partial charge < -0.3 is 15.8 Å². The van der Waals surface area contributed by atoms with Crippen molar-refractivity contribution in [2.45, 2.75) is 25.4 Å². The first-order valence-corrected chi connectivity index (χ1v) is 4.44. The molecule has 1 aliphatic heterocycles. The molecule has 4 heteroatoms. The lowest BCUT2D eigenvalue weighted by atomic mass is 10.2. The SMILES string of the molecule is NCCCNC(=O)[C@H]1CCCO1. The fourth-order valence-electron chi connectivity index (χ4n) is 1.21. The van der Waals surface area contributed by atoms with Crippen LogP contribution < -0.4 is 11.1 Å². The van der Waals surface area contributed by atoms with Crippen molar-refractivity contribution < 1.29 is 9.53 Å². The van der Waals surface area contributed by atoms with Gasteiger partial charge in [0.05, 0.1) is 0 Å². The van der Waals surface area contributed by atoms with Gasteiger partial charge in [-0.1, -0.05) is 0 Å². The van der Waals surface area contributed by atoms with E-state index in [1.165, 1.54) is 0 Å². The van der Waals surface area contributed by atoms with E-state index in [1.54, 1.807) is 0 Å². The molecule has 4 nitrogen and oxygen atoms in total. The van der Waals surface area contributed by atoms with Gasteiger partial charge in [-0.3, -0.25) is 4.79 Å². The third kappa shape index (κ3) is 2.79. The molecule has 0 aromatic heterocycles. The molecular weight excluding hydrogens is 156 g/mol. The van der Waals surface area contributed by atoms with Crippen LogP contribution in [0.5, 0.6) is 0 Å². The quantitative estimate of drug-likeness (QED) is 0.569. The Hall–Kier alpha value is -0.610. The largest absolute Gasteiger partial charge is 0.368 e. The molecule has 1 saturated heterocycles. The highest BCUT2D eigenvalue weighted by molar-refractivity contribution is 5.80. The molecule has 0 aliphatic carbocycles. The number of nitrogens with two attached hydrogens (primary N) is 1. The highest BCUT2D eigenvalue weighted by atomic mass is 16.5. The summed E-state index contributed by atoms with van der Waals surface area (Å²) in [5.74, 6) is 0.0148. The smallest absolute Gasteiger partial charge is 0.249 e. The molecule has 3 N–H and O–H groups in total. The molecule has 1 rings (SSSR count). The Morgan fingerprint density at radius 3 is 3.08 bits per heavy atom. The second kappa shape index (κ2) is 5.11. The van der Waals surface area contributed by atoms with Gasteiger partial charge in [0.2, 0.25) is 5.91 Å². The number of hydrogen-bond donors (Lipinski definition) is 2. The molecule has 0 unspecified atom stereocenters. The van der Waals surface area contributed by atoms with E-state index in [1.807, 2.05) is 0 Å². The Labute approximate surface area is 72.5 Å². The fourth-order valence-corrected chi connectivity index (χ4v) is 1.21. The van der Waals surface area contributed by atoms with Crippen molar-refractivity contribution in [2.75, 3.05) is 19.7 Å². The van der Waals surface area contributed by atoms with Gasteiger partial charge in [0.15, 0.2) is 0 Å². The molecule has 70 valence electrons. The average Bonchev–Trinajstić information content (AvgIpc) is 2.56. The number of ether oxygens (including phenoxy) is 1. The van der Waals surface area contributed by atoms with Gasteiger partial charge >= 0.3 is 0 Å². The maximum absolute atomic E-state index is 11.2. The van der Waals surface area contributed by atoms with E-state index in [4.69, 9.17) is 10.5 Å². The summed E-state index contributed by atoms with van der Waals surface area (Å²) in [4.78, 5) is 11.2. The molecule has 0 aromatic carbocycles. The molecule has 1 fully saturated rings. The van der Waals surface area contributed by atoms with Gasteiger partial charge in [-0.2, -0.15) is 0 Å². The summed E-state index contributed by atoms with van der Waals surface area (Å²) in [5.41, 5.74) is 5.29. The van der Waals surface area contributed by atoms with Crippen LogP contribution in [0.3, 0.4) is 0 Å². The zero-order valence-corrected chi connectivity index (χ0v) is 7.21. The van der Waals surface area contributed by atoms with Gasteiger partial charge in [0.1, 0.15) is 6.10 Å². The second-order valence-corrected chi connectivity index (χ2v) is 2.93. The number of amides is 1. The van der Waals surface area contributed by atoms with Gasteiger partial charge in [-0.15, -0.1) is 0 Å². The van der Waals surface area contributed by atoms with Crippen molar-refractivity contribution in [2.24, 2.45) is 5.73 Å². The van der Waals surface area contributed by atoms with Crippen LogP contribution in [0.2, 0.25) is 0 Å². The topological polar surface area (TPSA) is 64.3 Å². The lowest BCUT2D eigenvalue weighted by Gasteiger charge is -2.09. The van der Waals surface area contributed by atoms with E-state index < -0.39 is 0 Å². The van der Waals surface area contributed by atoms with E-state index in [0.717, 1.165) is 25.9 Å². The zero-order chi connectivity index (χ0) is 8.81. The molecule has 1 heterocycles. The normalized spacial score (nSPS) is 22.6. The van der Waals surface area contributed by atoms with E-state index in [0.29, 0.717) is 13.1 Å². The Morgan fingerprint density at radius 1 is 1.67 bits per heavy atom. The van der Waals surface area contributed by atoms with Crippen LogP contribution in [-0.2, 0) is 9.53 Å². The minimum atomic E-state index is -0.206. The van der Waals surface area contributed by atoms with Crippen LogP contribution in [0, 0.1) is 0 Å². The fraction of sp³-hybridized carbons (Fsp3) is 0.875. The molecule has 0 radical (unpaired) electrons. The summed E-state index contributed by atoms with van der Waals surface area (Å²) < 4.78 is 5.20. The maximum atomic E-state index is 11.2. The van der Waals surface area contributed by atoms with Crippen LogP contribution in [-0.4, -0.2) is 31.7 Å². The van der Waals surface area contributed by atoms with Crippen molar-refractivity contribution in [3.63, 3.8) is 0 Å². The minimum Gasteiger partial charge on any atom is -0.368 e. The third-order valence-corrected chi connectivity index (χ3v) is 1.90. The van der Waals surface area contributed by atoms with E-state index in [2.05, 4.69) is 5.32 Å². The summed E-state index contributed by atoms with van der Waals surface area (Å²) in [6, 6.07) is 0. The molecule has 0 saturated carbocycles. The summed E-state index contributed by atoms with van der Waals surface area (Å²) in [5, 5.41) is 2.78. The first-order valence-electron chi connectivity index (χ1n) is 4.44. The molecule has 1 aliphatic rings. The third-order valence-electron chi connectivity index (χ3n) is 1.90. The summed E-state index contributed by atoms with van der Waals surface area (Å²) in [6.45, 7) is 2.00. The second-order valence-electron chi connectivity index (χ2n) is 2.93. The summed E-state index contributed by atoms with van der Waals surface area (Å²) >= 11 is 0. The van der Waals surface area contributed by atoms with E-state index >= 15 is 0 Å². The molecule has 0 spiro atoms. The zero-order valence-electron chi connectivity index (χ0n) is 7.21. The lowest BCUT2D eigenvalue weighted by Crippen LogP contribution is -2.35. The number of rotatable bonds is 4. The van der Waals surface area contributed by atoms with Crippen molar-refractivity contribution in [3.05, 3.63) is 0 Å². The van der Waals surface area contributed by atoms with Crippen LogP contribution in [0.1, 0.15) is 19.3 Å². The lowest BCUT2D eigenvalue weighted by molar-refractivity contribution is -0.130. The number of carbonyl (C=O) groups is 1. The minimum absolute atomic E-state index is 0.0148. The summed E-state index contributed by atoms with van der Waals surface area (Å²) in [7, 11) is 0. The number of hydrogen-bond acceptors (Lipinski definition) is 3. The molecular formula is C8H16N2O2. The van der Waals surface area contributed by atoms with Crippen molar-refractivity contribution in [3.8, 4) is 0 Å². The van der Waals surface area contributed by atoms with Crippen LogP contribution in [0.15, 0.2) is 0 Å². The van der Waals surface area contributed by atoms with E-state index in [-0.39, 0.29) is 12.0 Å². The Balaban J connectivity index is 2.10.